The van der Waals surface area contributed by atoms with Crippen LogP contribution in [0.5, 0.6) is 0 Å². The molecule has 0 aromatic carbocycles. The molecule has 3 aliphatic rings. The number of rotatable bonds is 3. The van der Waals surface area contributed by atoms with Gasteiger partial charge in [-0.25, -0.2) is 9.56 Å². The summed E-state index contributed by atoms with van der Waals surface area (Å²) in [6, 6.07) is 0. The first-order valence-electron chi connectivity index (χ1n) is 7.23. The van der Waals surface area contributed by atoms with Crippen molar-refractivity contribution in [1.29, 1.82) is 0 Å². The number of aliphatic hydroxyl groups is 1. The first-order valence-corrected chi connectivity index (χ1v) is 8.69. The van der Waals surface area contributed by atoms with Gasteiger partial charge in [-0.2, -0.15) is 0 Å². The molecule has 0 spiro atoms. The second-order valence-electron chi connectivity index (χ2n) is 5.70. The number of ether oxygens (including phenoxy) is 1. The Kier molecular flexibility index (Phi) is 4.35. The number of hydrogen-bond donors (Lipinski definition) is 2. The number of aliphatic hydroxyl groups excluding tert-OH is 1. The third-order valence-electron chi connectivity index (χ3n) is 3.54. The van der Waals surface area contributed by atoms with Gasteiger partial charge < -0.3 is 20.5 Å². The van der Waals surface area contributed by atoms with Gasteiger partial charge in [0.15, 0.2) is 6.23 Å². The van der Waals surface area contributed by atoms with E-state index in [1.807, 2.05) is 0 Å². The summed E-state index contributed by atoms with van der Waals surface area (Å²) in [4.78, 5) is 5.61. The molecule has 0 aromatic rings. The van der Waals surface area contributed by atoms with Gasteiger partial charge >= 0.3 is 7.82 Å². The molecular formula is C13H20N3O6P. The summed E-state index contributed by atoms with van der Waals surface area (Å²) in [5.74, 6) is 0.639. The molecule has 0 aliphatic carbocycles. The second-order valence-corrected chi connectivity index (χ2v) is 7.27. The summed E-state index contributed by atoms with van der Waals surface area (Å²) >= 11 is 0. The molecule has 23 heavy (non-hydrogen) atoms. The van der Waals surface area contributed by atoms with Gasteiger partial charge in [-0.05, 0) is 19.9 Å². The molecule has 5 atom stereocenters. The highest BCUT2D eigenvalue weighted by Crippen LogP contribution is 2.56. The van der Waals surface area contributed by atoms with Crippen molar-refractivity contribution in [2.24, 2.45) is 10.7 Å². The zero-order valence-corrected chi connectivity index (χ0v) is 13.8. The minimum absolute atomic E-state index is 0.104. The Bertz CT molecular complexity index is 607. The molecule has 2 bridgehead atoms. The van der Waals surface area contributed by atoms with Gasteiger partial charge in [0.2, 0.25) is 0 Å². The standard InChI is InChI=1S/C13H20N3O6P/c1-7(2)21-23(18)19-6-9-11(17)12(22-23)13(20-9)16-5-4-10(14)15-8(16)3/h4-5,7,9,11-13,17H,3,6H2,1-2H3,(H2,14,15)/t9?,11-,12+,13-,23?/m1/s1. The Hall–Kier alpha value is -1.22. The van der Waals surface area contributed by atoms with E-state index in [-0.39, 0.29) is 12.7 Å². The molecule has 3 rings (SSSR count). The maximum absolute atomic E-state index is 12.6. The molecular weight excluding hydrogens is 325 g/mol. The smallest absolute Gasteiger partial charge is 0.387 e. The van der Waals surface area contributed by atoms with Gasteiger partial charge in [0.25, 0.3) is 0 Å². The minimum Gasteiger partial charge on any atom is -0.387 e. The van der Waals surface area contributed by atoms with E-state index in [0.29, 0.717) is 11.7 Å². The lowest BCUT2D eigenvalue weighted by molar-refractivity contribution is -0.0880. The highest BCUT2D eigenvalue weighted by atomic mass is 31.2. The summed E-state index contributed by atoms with van der Waals surface area (Å²) in [5.41, 5.74) is 5.61. The average Bonchev–Trinajstić information content (AvgIpc) is 2.66. The second kappa shape index (κ2) is 6.01. The molecule has 2 saturated heterocycles. The fourth-order valence-electron chi connectivity index (χ4n) is 2.57. The monoisotopic (exact) mass is 345 g/mol. The van der Waals surface area contributed by atoms with E-state index in [0.717, 1.165) is 0 Å². The number of amidine groups is 1. The maximum Gasteiger partial charge on any atom is 0.475 e. The average molecular weight is 345 g/mol. The van der Waals surface area contributed by atoms with Crippen LogP contribution in [0.1, 0.15) is 13.8 Å². The Morgan fingerprint density at radius 1 is 1.61 bits per heavy atom. The van der Waals surface area contributed by atoms with Crippen LogP contribution in [0.2, 0.25) is 0 Å². The molecule has 0 aromatic heterocycles. The summed E-state index contributed by atoms with van der Waals surface area (Å²) in [7, 11) is -3.79. The number of phosphoric ester groups is 1. The van der Waals surface area contributed by atoms with Crippen molar-refractivity contribution in [1.82, 2.24) is 4.90 Å². The number of aliphatic imine (C=N–C) groups is 1. The van der Waals surface area contributed by atoms with Crippen molar-refractivity contribution >= 4 is 13.7 Å². The third-order valence-corrected chi connectivity index (χ3v) is 5.18. The van der Waals surface area contributed by atoms with Crippen molar-refractivity contribution in [2.45, 2.75) is 44.5 Å². The maximum atomic E-state index is 12.6. The Morgan fingerprint density at radius 3 is 3.00 bits per heavy atom. The van der Waals surface area contributed by atoms with Crippen LogP contribution in [0.3, 0.4) is 0 Å². The van der Waals surface area contributed by atoms with E-state index in [1.165, 1.54) is 0 Å². The molecule has 10 heteroatoms. The van der Waals surface area contributed by atoms with Crippen LogP contribution in [0, 0.1) is 0 Å². The van der Waals surface area contributed by atoms with E-state index in [2.05, 4.69) is 11.6 Å². The van der Waals surface area contributed by atoms with Gasteiger partial charge in [0.1, 0.15) is 30.0 Å². The van der Waals surface area contributed by atoms with Gasteiger partial charge in [0, 0.05) is 6.20 Å². The summed E-state index contributed by atoms with van der Waals surface area (Å²) in [6.45, 7) is 7.12. The van der Waals surface area contributed by atoms with E-state index in [1.54, 1.807) is 31.0 Å². The zero-order chi connectivity index (χ0) is 16.8. The lowest BCUT2D eigenvalue weighted by atomic mass is 10.1. The predicted octanol–water partition coefficient (Wildman–Crippen LogP) is 0.678. The van der Waals surface area contributed by atoms with Gasteiger partial charge in [-0.3, -0.25) is 13.6 Å². The van der Waals surface area contributed by atoms with Crippen LogP contribution in [0.15, 0.2) is 29.7 Å². The van der Waals surface area contributed by atoms with Gasteiger partial charge in [-0.15, -0.1) is 0 Å². The Labute approximate surface area is 134 Å². The highest BCUT2D eigenvalue weighted by molar-refractivity contribution is 7.48. The molecule has 0 amide bonds. The van der Waals surface area contributed by atoms with Crippen LogP contribution < -0.4 is 5.73 Å². The topological polar surface area (TPSA) is 116 Å². The largest absolute Gasteiger partial charge is 0.475 e. The van der Waals surface area contributed by atoms with Crippen molar-refractivity contribution in [3.05, 3.63) is 24.7 Å². The highest BCUT2D eigenvalue weighted by Gasteiger charge is 2.54. The van der Waals surface area contributed by atoms with E-state index in [9.17, 15) is 9.67 Å². The minimum atomic E-state index is -3.79. The van der Waals surface area contributed by atoms with Crippen LogP contribution in [0.4, 0.5) is 0 Å². The molecule has 128 valence electrons. The molecule has 3 heterocycles. The first-order chi connectivity index (χ1) is 10.8. The Balaban J connectivity index is 1.84. The van der Waals surface area contributed by atoms with E-state index < -0.39 is 32.4 Å². The SMILES string of the molecule is C=C1N=C(N)C=CN1[C@@H]1OC2COP(=O)(OC(C)C)O[C@H]1[C@@H]2O. The quantitative estimate of drug-likeness (QED) is 0.718. The summed E-state index contributed by atoms with van der Waals surface area (Å²) in [6.07, 6.45) is -0.578. The summed E-state index contributed by atoms with van der Waals surface area (Å²) < 4.78 is 34.3. The van der Waals surface area contributed by atoms with Gasteiger partial charge in [-0.1, -0.05) is 6.58 Å². The summed E-state index contributed by atoms with van der Waals surface area (Å²) in [5, 5.41) is 10.3. The predicted molar refractivity (Wildman–Crippen MR) is 81.1 cm³/mol. The molecule has 3 N–H and O–H groups in total. The molecule has 3 aliphatic heterocycles. The van der Waals surface area contributed by atoms with Crippen LogP contribution in [0.25, 0.3) is 0 Å². The number of phosphoric acid groups is 1. The Morgan fingerprint density at radius 2 is 2.35 bits per heavy atom. The van der Waals surface area contributed by atoms with Crippen molar-refractivity contribution in [3.63, 3.8) is 0 Å². The number of nitrogens with two attached hydrogens (primary N) is 1. The van der Waals surface area contributed by atoms with Crippen LogP contribution >= 0.6 is 7.82 Å². The molecule has 0 saturated carbocycles. The van der Waals surface area contributed by atoms with Gasteiger partial charge in [0.05, 0.1) is 12.7 Å². The number of nitrogens with zero attached hydrogens (tertiary/aromatic N) is 2. The van der Waals surface area contributed by atoms with E-state index >= 15 is 0 Å². The van der Waals surface area contributed by atoms with Crippen molar-refractivity contribution in [3.8, 4) is 0 Å². The van der Waals surface area contributed by atoms with Crippen molar-refractivity contribution < 1.29 is 28.0 Å². The molecule has 0 radical (unpaired) electrons. The molecule has 2 unspecified atom stereocenters. The van der Waals surface area contributed by atoms with Crippen LogP contribution in [-0.4, -0.2) is 53.1 Å². The van der Waals surface area contributed by atoms with Crippen molar-refractivity contribution in [2.75, 3.05) is 6.61 Å². The first kappa shape index (κ1) is 16.6. The number of fused-ring (bicyclic) bond motifs is 2. The fraction of sp³-hybridized carbons (Fsp3) is 0.615. The fourth-order valence-corrected chi connectivity index (χ4v) is 4.11. The van der Waals surface area contributed by atoms with Crippen LogP contribution in [-0.2, 0) is 22.9 Å². The zero-order valence-electron chi connectivity index (χ0n) is 12.9. The lowest BCUT2D eigenvalue weighted by Gasteiger charge is -2.34. The number of hydrogen-bond acceptors (Lipinski definition) is 9. The third kappa shape index (κ3) is 3.21. The van der Waals surface area contributed by atoms with E-state index in [4.69, 9.17) is 24.0 Å². The normalized spacial score (nSPS) is 40.4. The molecule has 9 nitrogen and oxygen atoms in total. The molecule has 2 fully saturated rings. The lowest BCUT2D eigenvalue weighted by Crippen LogP contribution is -2.43.